The van der Waals surface area contributed by atoms with Crippen molar-refractivity contribution in [2.45, 2.75) is 32.1 Å². The summed E-state index contributed by atoms with van der Waals surface area (Å²) in [7, 11) is 0. The zero-order chi connectivity index (χ0) is 8.59. The minimum atomic E-state index is -0.964. The van der Waals surface area contributed by atoms with Gasteiger partial charge in [0.15, 0.2) is 6.10 Å². The molecule has 1 aliphatic heterocycles. The summed E-state index contributed by atoms with van der Waals surface area (Å²) in [4.78, 5) is 10.5. The van der Waals surface area contributed by atoms with Crippen LogP contribution in [-0.2, 0) is 9.53 Å². The van der Waals surface area contributed by atoms with Crippen LogP contribution in [0.4, 0.5) is 0 Å². The van der Waals surface area contributed by atoms with Crippen LogP contribution in [0.25, 0.3) is 0 Å². The number of hydrogen-bond acceptors (Lipinski definition) is 3. The lowest BCUT2D eigenvalue weighted by Crippen LogP contribution is -2.39. The van der Waals surface area contributed by atoms with Gasteiger partial charge < -0.3 is 15.6 Å². The van der Waals surface area contributed by atoms with Crippen LogP contribution < -0.4 is 5.73 Å². The van der Waals surface area contributed by atoms with E-state index in [2.05, 4.69) is 0 Å². The molecule has 1 fully saturated rings. The molecule has 4 atom stereocenters. The second-order valence-corrected chi connectivity index (χ2v) is 3.04. The average Bonchev–Trinajstić information content (AvgIpc) is 2.17. The first-order valence-electron chi connectivity index (χ1n) is 3.68. The van der Waals surface area contributed by atoms with Crippen LogP contribution in [0.3, 0.4) is 0 Å². The van der Waals surface area contributed by atoms with Gasteiger partial charge in [0, 0.05) is 12.0 Å². The van der Waals surface area contributed by atoms with Gasteiger partial charge in [-0.25, -0.2) is 4.79 Å². The number of ether oxygens (including phenoxy) is 1. The highest BCUT2D eigenvalue weighted by molar-refractivity contribution is 5.73. The van der Waals surface area contributed by atoms with Gasteiger partial charge in [-0.2, -0.15) is 0 Å². The predicted octanol–water partition coefficient (Wildman–Crippen LogP) is -0.178. The number of nitrogens with two attached hydrogens (primary N) is 1. The standard InChI is InChI=1S/C7H13NO3/c1-3-4(2)11-6(5(3)8)7(9)10/h3-6H,8H2,1-2H3,(H,9,10)/t3-,4-,5-,6-/m0/s1. The van der Waals surface area contributed by atoms with Crippen molar-refractivity contribution in [1.29, 1.82) is 0 Å². The fourth-order valence-corrected chi connectivity index (χ4v) is 1.26. The summed E-state index contributed by atoms with van der Waals surface area (Å²) in [6.45, 7) is 3.74. The Morgan fingerprint density at radius 3 is 2.27 bits per heavy atom. The van der Waals surface area contributed by atoms with E-state index in [1.165, 1.54) is 0 Å². The lowest BCUT2D eigenvalue weighted by Gasteiger charge is -2.11. The molecule has 0 saturated carbocycles. The Hall–Kier alpha value is -0.610. The quantitative estimate of drug-likeness (QED) is 0.556. The molecule has 3 N–H and O–H groups in total. The molecule has 0 aromatic carbocycles. The number of aliphatic carboxylic acids is 1. The molecule has 4 nitrogen and oxygen atoms in total. The van der Waals surface area contributed by atoms with E-state index in [1.807, 2.05) is 13.8 Å². The van der Waals surface area contributed by atoms with E-state index in [1.54, 1.807) is 0 Å². The fourth-order valence-electron chi connectivity index (χ4n) is 1.26. The molecule has 0 radical (unpaired) electrons. The van der Waals surface area contributed by atoms with Crippen molar-refractivity contribution in [1.82, 2.24) is 0 Å². The van der Waals surface area contributed by atoms with Crippen molar-refractivity contribution in [3.8, 4) is 0 Å². The van der Waals surface area contributed by atoms with E-state index >= 15 is 0 Å². The molecule has 0 aliphatic carbocycles. The normalized spacial score (nSPS) is 44.3. The largest absolute Gasteiger partial charge is 0.479 e. The van der Waals surface area contributed by atoms with Crippen molar-refractivity contribution in [3.05, 3.63) is 0 Å². The Labute approximate surface area is 65.3 Å². The highest BCUT2D eigenvalue weighted by atomic mass is 16.5. The first-order valence-corrected chi connectivity index (χ1v) is 3.68. The molecule has 11 heavy (non-hydrogen) atoms. The first-order chi connectivity index (χ1) is 5.04. The van der Waals surface area contributed by atoms with Gasteiger partial charge in [-0.05, 0) is 6.92 Å². The van der Waals surface area contributed by atoms with E-state index < -0.39 is 12.1 Å². The lowest BCUT2D eigenvalue weighted by molar-refractivity contribution is -0.149. The smallest absolute Gasteiger partial charge is 0.334 e. The molecule has 4 heteroatoms. The maximum atomic E-state index is 10.5. The summed E-state index contributed by atoms with van der Waals surface area (Å²) in [6, 6.07) is -0.373. The highest BCUT2D eigenvalue weighted by Crippen LogP contribution is 2.24. The molecule has 0 unspecified atom stereocenters. The second kappa shape index (κ2) is 2.79. The Bertz CT molecular complexity index is 171. The maximum Gasteiger partial charge on any atom is 0.334 e. The van der Waals surface area contributed by atoms with E-state index in [4.69, 9.17) is 15.6 Å². The van der Waals surface area contributed by atoms with Gasteiger partial charge >= 0.3 is 5.97 Å². The van der Waals surface area contributed by atoms with Crippen molar-refractivity contribution in [2.75, 3.05) is 0 Å². The van der Waals surface area contributed by atoms with Gasteiger partial charge in [-0.1, -0.05) is 6.92 Å². The summed E-state index contributed by atoms with van der Waals surface area (Å²) in [5.41, 5.74) is 5.61. The molecule has 1 heterocycles. The van der Waals surface area contributed by atoms with Crippen LogP contribution in [0.2, 0.25) is 0 Å². The zero-order valence-electron chi connectivity index (χ0n) is 6.65. The molecular weight excluding hydrogens is 146 g/mol. The Morgan fingerprint density at radius 1 is 1.55 bits per heavy atom. The van der Waals surface area contributed by atoms with Crippen LogP contribution in [0.15, 0.2) is 0 Å². The van der Waals surface area contributed by atoms with Crippen LogP contribution in [-0.4, -0.2) is 29.3 Å². The molecule has 1 rings (SSSR count). The van der Waals surface area contributed by atoms with Gasteiger partial charge in [0.05, 0.1) is 6.10 Å². The number of rotatable bonds is 1. The lowest BCUT2D eigenvalue weighted by atomic mass is 9.98. The zero-order valence-corrected chi connectivity index (χ0v) is 6.65. The summed E-state index contributed by atoms with van der Waals surface area (Å²) in [6.07, 6.45) is -0.869. The summed E-state index contributed by atoms with van der Waals surface area (Å²) < 4.78 is 5.12. The van der Waals surface area contributed by atoms with Crippen LogP contribution in [0.5, 0.6) is 0 Å². The van der Waals surface area contributed by atoms with Gasteiger partial charge in [0.1, 0.15) is 0 Å². The van der Waals surface area contributed by atoms with E-state index in [-0.39, 0.29) is 18.1 Å². The highest BCUT2D eigenvalue weighted by Gasteiger charge is 2.41. The topological polar surface area (TPSA) is 72.6 Å². The predicted molar refractivity (Wildman–Crippen MR) is 39.1 cm³/mol. The second-order valence-electron chi connectivity index (χ2n) is 3.04. The SMILES string of the molecule is C[C@@H]1[C@H](N)[C@@H](C(=O)O)O[C@H]1C. The van der Waals surface area contributed by atoms with Crippen LogP contribution >= 0.6 is 0 Å². The third-order valence-electron chi connectivity index (χ3n) is 2.30. The molecule has 0 aromatic heterocycles. The number of hydrogen-bond donors (Lipinski definition) is 2. The van der Waals surface area contributed by atoms with Gasteiger partial charge in [-0.3, -0.25) is 0 Å². The molecule has 0 spiro atoms. The van der Waals surface area contributed by atoms with Crippen molar-refractivity contribution in [2.24, 2.45) is 11.7 Å². The van der Waals surface area contributed by atoms with Gasteiger partial charge in [-0.15, -0.1) is 0 Å². The first kappa shape index (κ1) is 8.49. The van der Waals surface area contributed by atoms with Crippen molar-refractivity contribution in [3.63, 3.8) is 0 Å². The number of carboxylic acids is 1. The Balaban J connectivity index is 2.67. The summed E-state index contributed by atoms with van der Waals surface area (Å²) >= 11 is 0. The fraction of sp³-hybridized carbons (Fsp3) is 0.857. The molecule has 0 bridgehead atoms. The van der Waals surface area contributed by atoms with Gasteiger partial charge in [0.25, 0.3) is 0 Å². The minimum absolute atomic E-state index is 0.0499. The summed E-state index contributed by atoms with van der Waals surface area (Å²) in [5, 5.41) is 8.61. The van der Waals surface area contributed by atoms with Crippen molar-refractivity contribution < 1.29 is 14.6 Å². The molecule has 1 aliphatic rings. The maximum absolute atomic E-state index is 10.5. The molecular formula is C7H13NO3. The Kier molecular flexibility index (Phi) is 2.15. The monoisotopic (exact) mass is 159 g/mol. The van der Waals surface area contributed by atoms with Crippen molar-refractivity contribution >= 4 is 5.97 Å². The number of carboxylic acid groups (broad SMARTS) is 1. The molecule has 0 aromatic rings. The van der Waals surface area contributed by atoms with E-state index in [9.17, 15) is 4.79 Å². The van der Waals surface area contributed by atoms with Gasteiger partial charge in [0.2, 0.25) is 0 Å². The average molecular weight is 159 g/mol. The molecule has 0 amide bonds. The molecule has 1 saturated heterocycles. The third kappa shape index (κ3) is 1.36. The molecule has 64 valence electrons. The minimum Gasteiger partial charge on any atom is -0.479 e. The number of carbonyl (C=O) groups is 1. The van der Waals surface area contributed by atoms with E-state index in [0.717, 1.165) is 0 Å². The van der Waals surface area contributed by atoms with Crippen LogP contribution in [0.1, 0.15) is 13.8 Å². The van der Waals surface area contributed by atoms with E-state index in [0.29, 0.717) is 0 Å². The Morgan fingerprint density at radius 2 is 2.09 bits per heavy atom. The summed E-state index contributed by atoms with van der Waals surface area (Å²) in [5.74, 6) is -0.843. The third-order valence-corrected chi connectivity index (χ3v) is 2.30. The van der Waals surface area contributed by atoms with Crippen LogP contribution in [0, 0.1) is 5.92 Å².